The third-order valence-corrected chi connectivity index (χ3v) is 12.5. The minimum atomic E-state index is -0.319. The highest BCUT2D eigenvalue weighted by molar-refractivity contribution is 8.15. The number of esters is 1. The van der Waals surface area contributed by atoms with Crippen LogP contribution in [0.4, 0.5) is 0 Å². The third kappa shape index (κ3) is 11.4. The molecule has 230 valence electrons. The van der Waals surface area contributed by atoms with E-state index in [1.807, 2.05) is 35.3 Å². The lowest BCUT2D eigenvalue weighted by Gasteiger charge is -2.27. The van der Waals surface area contributed by atoms with Gasteiger partial charge in [-0.25, -0.2) is 4.79 Å². The number of thioether (sulfide) groups is 4. The van der Waals surface area contributed by atoms with Crippen LogP contribution in [0.3, 0.4) is 0 Å². The Morgan fingerprint density at radius 2 is 1.19 bits per heavy atom. The summed E-state index contributed by atoms with van der Waals surface area (Å²) in [5, 5.41) is 1.43. The molecule has 2 aromatic rings. The molecule has 1 saturated carbocycles. The van der Waals surface area contributed by atoms with E-state index in [0.717, 1.165) is 42.4 Å². The number of carbonyl (C=O) groups is 4. The number of rotatable bonds is 10. The highest BCUT2D eigenvalue weighted by Gasteiger charge is 2.25. The Bertz CT molecular complexity index is 1180. The van der Waals surface area contributed by atoms with Gasteiger partial charge in [0.1, 0.15) is 6.10 Å². The molecule has 2 unspecified atom stereocenters. The van der Waals surface area contributed by atoms with Crippen molar-refractivity contribution >= 4 is 69.7 Å². The molecular weight excluding hydrogens is 609 g/mol. The summed E-state index contributed by atoms with van der Waals surface area (Å²) in [5.74, 6) is 4.12. The second-order valence-corrected chi connectivity index (χ2v) is 14.8. The number of ketones is 2. The lowest BCUT2D eigenvalue weighted by Crippen LogP contribution is -2.27. The average molecular weight is 651 g/mol. The number of carbonyl (C=O) groups excluding carboxylic acids is 4. The van der Waals surface area contributed by atoms with Gasteiger partial charge in [-0.2, -0.15) is 35.3 Å². The second-order valence-electron chi connectivity index (χ2n) is 10.3. The topological polar surface area (TPSA) is 86.7 Å². The van der Waals surface area contributed by atoms with Crippen LogP contribution in [-0.4, -0.2) is 81.7 Å². The van der Waals surface area contributed by atoms with E-state index in [-0.39, 0.29) is 30.2 Å². The standard InChI is InChI=1S/C16H20O4.C16H20O2S4.H2/c1-11(17)12-3-5-13(6-4-12)16(18)20-15-9-7-14(19-2)8-10-15;1-11(17)12-3-5-13(6-4-12)16(18)22-10-15-9-20-14(7-19-2)8-21-15;/h3-6,14-15H,7-10H2,1-2H3;3-6,14-15H,7-10H2,1-2H3;1H. The van der Waals surface area contributed by atoms with E-state index < -0.39 is 0 Å². The maximum atomic E-state index is 12.2. The molecule has 1 aliphatic carbocycles. The number of Topliss-reactive ketones (excluding diaryl/α,β-unsaturated/α-hetero) is 2. The largest absolute Gasteiger partial charge is 0.459 e. The molecule has 1 saturated heterocycles. The summed E-state index contributed by atoms with van der Waals surface area (Å²) >= 11 is 7.36. The molecular formula is C32H42O6S4. The molecule has 0 bridgehead atoms. The van der Waals surface area contributed by atoms with Crippen LogP contribution < -0.4 is 0 Å². The van der Waals surface area contributed by atoms with Gasteiger partial charge in [-0.1, -0.05) is 36.0 Å². The summed E-state index contributed by atoms with van der Waals surface area (Å²) in [5.41, 5.74) is 2.43. The molecule has 1 heterocycles. The zero-order valence-corrected chi connectivity index (χ0v) is 27.9. The maximum absolute atomic E-state index is 12.2. The Morgan fingerprint density at radius 1 is 0.738 bits per heavy atom. The molecule has 0 radical (unpaired) electrons. The third-order valence-electron chi connectivity index (χ3n) is 7.07. The number of hydrogen-bond donors (Lipinski definition) is 0. The molecule has 0 amide bonds. The van der Waals surface area contributed by atoms with Crippen LogP contribution >= 0.6 is 47.0 Å². The van der Waals surface area contributed by atoms with Crippen molar-refractivity contribution in [2.24, 2.45) is 0 Å². The van der Waals surface area contributed by atoms with Crippen LogP contribution in [0.15, 0.2) is 48.5 Å². The molecule has 6 nitrogen and oxygen atoms in total. The Kier molecular flexibility index (Phi) is 15.0. The lowest BCUT2D eigenvalue weighted by atomic mass is 9.95. The normalized spacial score (nSPS) is 21.9. The average Bonchev–Trinajstić information content (AvgIpc) is 3.01. The van der Waals surface area contributed by atoms with E-state index in [9.17, 15) is 19.2 Å². The molecule has 2 aliphatic rings. The summed E-state index contributed by atoms with van der Waals surface area (Å²) in [4.78, 5) is 46.6. The molecule has 1 aliphatic heterocycles. The fourth-order valence-electron chi connectivity index (χ4n) is 4.50. The molecule has 42 heavy (non-hydrogen) atoms. The van der Waals surface area contributed by atoms with Gasteiger partial charge < -0.3 is 9.47 Å². The number of hydrogen-bond acceptors (Lipinski definition) is 10. The van der Waals surface area contributed by atoms with Crippen molar-refractivity contribution in [3.05, 3.63) is 70.8 Å². The number of methoxy groups -OCH3 is 1. The van der Waals surface area contributed by atoms with Gasteiger partial charge in [0.25, 0.3) is 0 Å². The first-order valence-electron chi connectivity index (χ1n) is 14.0. The fraction of sp³-hybridized carbons (Fsp3) is 0.500. The predicted molar refractivity (Wildman–Crippen MR) is 181 cm³/mol. The fourth-order valence-corrected chi connectivity index (χ4v) is 9.88. The van der Waals surface area contributed by atoms with Gasteiger partial charge in [0, 0.05) is 58.7 Å². The second kappa shape index (κ2) is 18.2. The molecule has 0 spiro atoms. The van der Waals surface area contributed by atoms with E-state index in [2.05, 4.69) is 6.26 Å². The van der Waals surface area contributed by atoms with Crippen LogP contribution in [0, 0.1) is 0 Å². The Morgan fingerprint density at radius 3 is 1.64 bits per heavy atom. The van der Waals surface area contributed by atoms with Gasteiger partial charge in [-0.15, -0.1) is 0 Å². The number of ether oxygens (including phenoxy) is 2. The van der Waals surface area contributed by atoms with Crippen molar-refractivity contribution in [2.75, 3.05) is 36.4 Å². The minimum Gasteiger partial charge on any atom is -0.459 e. The van der Waals surface area contributed by atoms with Gasteiger partial charge in [0.05, 0.1) is 11.7 Å². The minimum absolute atomic E-state index is 0. The molecule has 0 aromatic heterocycles. The Balaban J connectivity index is 0.000000295. The molecule has 2 fully saturated rings. The first kappa shape index (κ1) is 34.8. The highest BCUT2D eigenvalue weighted by atomic mass is 32.2. The predicted octanol–water partition coefficient (Wildman–Crippen LogP) is 7.59. The van der Waals surface area contributed by atoms with Crippen molar-refractivity contribution in [3.8, 4) is 0 Å². The molecule has 2 atom stereocenters. The van der Waals surface area contributed by atoms with Crippen LogP contribution in [0.25, 0.3) is 0 Å². The Hall–Kier alpha value is -1.72. The van der Waals surface area contributed by atoms with Crippen LogP contribution in [0.1, 0.15) is 82.4 Å². The number of benzene rings is 2. The van der Waals surface area contributed by atoms with E-state index in [0.29, 0.717) is 33.6 Å². The monoisotopic (exact) mass is 650 g/mol. The molecule has 4 rings (SSSR count). The summed E-state index contributed by atoms with van der Waals surface area (Å²) in [6.07, 6.45) is 5.96. The van der Waals surface area contributed by atoms with Crippen LogP contribution in [0.2, 0.25) is 0 Å². The Labute approximate surface area is 268 Å². The van der Waals surface area contributed by atoms with E-state index in [1.54, 1.807) is 55.6 Å². The summed E-state index contributed by atoms with van der Waals surface area (Å²) in [6, 6.07) is 13.6. The molecule has 10 heteroatoms. The van der Waals surface area contributed by atoms with E-state index >= 15 is 0 Å². The van der Waals surface area contributed by atoms with Crippen molar-refractivity contribution in [1.82, 2.24) is 0 Å². The SMILES string of the molecule is COC1CCC(OC(=O)c2ccc(C(C)=O)cc2)CC1.CSCC1CSC(CSC(=O)c2ccc(C(C)=O)cc2)CS1.[HH]. The zero-order valence-electron chi connectivity index (χ0n) is 24.7. The van der Waals surface area contributed by atoms with Gasteiger partial charge in [0.15, 0.2) is 11.6 Å². The summed E-state index contributed by atoms with van der Waals surface area (Å²) in [7, 11) is 1.72. The van der Waals surface area contributed by atoms with Crippen molar-refractivity contribution in [2.45, 2.75) is 62.2 Å². The lowest BCUT2D eigenvalue weighted by molar-refractivity contribution is -0.00541. The van der Waals surface area contributed by atoms with Gasteiger partial charge in [-0.05, 0) is 70.1 Å². The van der Waals surface area contributed by atoms with Gasteiger partial charge in [0.2, 0.25) is 5.12 Å². The molecule has 2 aromatic carbocycles. The first-order chi connectivity index (χ1) is 20.2. The summed E-state index contributed by atoms with van der Waals surface area (Å²) in [6.45, 7) is 3.04. The highest BCUT2D eigenvalue weighted by Crippen LogP contribution is 2.33. The van der Waals surface area contributed by atoms with Crippen molar-refractivity contribution in [1.29, 1.82) is 0 Å². The quantitative estimate of drug-likeness (QED) is 0.189. The van der Waals surface area contributed by atoms with Crippen molar-refractivity contribution < 1.29 is 30.1 Å². The van der Waals surface area contributed by atoms with Crippen LogP contribution in [0.5, 0.6) is 0 Å². The molecule has 0 N–H and O–H groups in total. The van der Waals surface area contributed by atoms with Gasteiger partial charge >= 0.3 is 5.97 Å². The van der Waals surface area contributed by atoms with E-state index in [4.69, 9.17) is 9.47 Å². The van der Waals surface area contributed by atoms with Crippen LogP contribution in [-0.2, 0) is 9.47 Å². The maximum Gasteiger partial charge on any atom is 0.338 e. The van der Waals surface area contributed by atoms with E-state index in [1.165, 1.54) is 37.1 Å². The first-order valence-corrected chi connectivity index (χ1v) is 18.5. The van der Waals surface area contributed by atoms with Crippen molar-refractivity contribution in [3.63, 3.8) is 0 Å². The zero-order chi connectivity index (χ0) is 30.5. The van der Waals surface area contributed by atoms with Gasteiger partial charge in [-0.3, -0.25) is 14.4 Å². The smallest absolute Gasteiger partial charge is 0.338 e. The summed E-state index contributed by atoms with van der Waals surface area (Å²) < 4.78 is 10.8.